The highest BCUT2D eigenvalue weighted by Gasteiger charge is 2.42. The Kier molecular flexibility index (Phi) is 4.62. The fourth-order valence-electron chi connectivity index (χ4n) is 3.27. The van der Waals surface area contributed by atoms with Gasteiger partial charge in [-0.15, -0.1) is 10.2 Å². The van der Waals surface area contributed by atoms with Crippen LogP contribution < -0.4 is 5.32 Å². The Bertz CT molecular complexity index is 980. The van der Waals surface area contributed by atoms with Gasteiger partial charge < -0.3 is 9.88 Å². The number of rotatable bonds is 4. The molecule has 0 spiro atoms. The predicted molar refractivity (Wildman–Crippen MR) is 92.6 cm³/mol. The number of amides is 1. The van der Waals surface area contributed by atoms with E-state index in [2.05, 4.69) is 20.6 Å². The fraction of sp³-hybridized carbons (Fsp3) is 0.333. The first kappa shape index (κ1) is 18.2. The van der Waals surface area contributed by atoms with Gasteiger partial charge in [0, 0.05) is 30.9 Å². The van der Waals surface area contributed by atoms with E-state index >= 15 is 0 Å². The number of nitrogens with zero attached hydrogens (tertiary/aromatic N) is 5. The zero-order valence-electron chi connectivity index (χ0n) is 14.7. The topological polar surface area (TPSA) is 77.6 Å². The molecule has 1 amide bonds. The molecule has 3 heterocycles. The molecular weight excluding hydrogens is 373 g/mol. The van der Waals surface area contributed by atoms with E-state index in [-0.39, 0.29) is 31.8 Å². The predicted octanol–water partition coefficient (Wildman–Crippen LogP) is 2.52. The Hall–Kier alpha value is -3.17. The van der Waals surface area contributed by atoms with E-state index in [9.17, 15) is 18.0 Å². The average molecular weight is 390 g/mol. The van der Waals surface area contributed by atoms with E-state index in [4.69, 9.17) is 0 Å². The lowest BCUT2D eigenvalue weighted by Gasteiger charge is -2.25. The van der Waals surface area contributed by atoms with Gasteiger partial charge in [-0.3, -0.25) is 4.79 Å². The number of nitrogens with one attached hydrogen (secondary N) is 1. The van der Waals surface area contributed by atoms with Gasteiger partial charge in [-0.2, -0.15) is 18.3 Å². The first-order valence-corrected chi connectivity index (χ1v) is 8.78. The Morgan fingerprint density at radius 1 is 1.25 bits per heavy atom. The van der Waals surface area contributed by atoms with Gasteiger partial charge in [0.2, 0.25) is 0 Å². The van der Waals surface area contributed by atoms with Crippen molar-refractivity contribution in [1.29, 1.82) is 0 Å². The fourth-order valence-corrected chi connectivity index (χ4v) is 3.27. The Morgan fingerprint density at radius 3 is 2.86 bits per heavy atom. The van der Waals surface area contributed by atoms with Crippen LogP contribution in [-0.4, -0.2) is 36.6 Å². The third-order valence-electron chi connectivity index (χ3n) is 4.78. The second kappa shape index (κ2) is 7.10. The quantitative estimate of drug-likeness (QED) is 0.743. The number of alkyl halides is 3. The van der Waals surface area contributed by atoms with Gasteiger partial charge in [-0.05, 0) is 30.7 Å². The summed E-state index contributed by atoms with van der Waals surface area (Å²) >= 11 is 0. The molecule has 0 saturated heterocycles. The highest BCUT2D eigenvalue weighted by atomic mass is 19.4. The zero-order valence-corrected chi connectivity index (χ0v) is 14.7. The summed E-state index contributed by atoms with van der Waals surface area (Å²) in [6.07, 6.45) is -1.01. The molecule has 28 heavy (non-hydrogen) atoms. The summed E-state index contributed by atoms with van der Waals surface area (Å²) in [5.74, 6) is -0.947. The first-order valence-electron chi connectivity index (χ1n) is 8.78. The maximum absolute atomic E-state index is 12.9. The van der Waals surface area contributed by atoms with Crippen molar-refractivity contribution in [3.63, 3.8) is 0 Å². The molecule has 10 heteroatoms. The van der Waals surface area contributed by atoms with Gasteiger partial charge in [0.1, 0.15) is 5.82 Å². The van der Waals surface area contributed by atoms with Crippen LogP contribution in [-0.2, 0) is 19.5 Å². The van der Waals surface area contributed by atoms with Gasteiger partial charge in [0.25, 0.3) is 5.91 Å². The average Bonchev–Trinajstić information content (AvgIpc) is 3.35. The lowest BCUT2D eigenvalue weighted by molar-refractivity contribution is -0.179. The number of carbonyl (C=O) groups excluding carboxylic acids is 1. The first-order chi connectivity index (χ1) is 13.4. The minimum Gasteiger partial charge on any atom is -0.345 e. The van der Waals surface area contributed by atoms with Crippen LogP contribution in [0.1, 0.15) is 28.4 Å². The van der Waals surface area contributed by atoms with E-state index in [1.165, 1.54) is 0 Å². The lowest BCUT2D eigenvalue weighted by atomic mass is 9.97. The molecule has 4 rings (SSSR count). The number of halogens is 3. The summed E-state index contributed by atoms with van der Waals surface area (Å²) in [6.45, 7) is 0.279. The summed E-state index contributed by atoms with van der Waals surface area (Å²) in [7, 11) is 0. The SMILES string of the molecule is O=C(NCc1nnc2n1CC[C@@H](C(F)(F)F)C2)c1cccc(-n2cccn2)c1. The third kappa shape index (κ3) is 3.62. The number of hydrogen-bond donors (Lipinski definition) is 1. The van der Waals surface area contributed by atoms with Crippen LogP contribution in [0.2, 0.25) is 0 Å². The monoisotopic (exact) mass is 390 g/mol. The molecule has 146 valence electrons. The number of aromatic nitrogens is 5. The largest absolute Gasteiger partial charge is 0.392 e. The normalized spacial score (nSPS) is 16.6. The maximum atomic E-state index is 12.9. The molecule has 0 saturated carbocycles. The summed E-state index contributed by atoms with van der Waals surface area (Å²) < 4.78 is 42.0. The van der Waals surface area contributed by atoms with Crippen molar-refractivity contribution in [3.8, 4) is 5.69 Å². The maximum Gasteiger partial charge on any atom is 0.392 e. The van der Waals surface area contributed by atoms with Crippen molar-refractivity contribution in [2.75, 3.05) is 0 Å². The molecule has 0 radical (unpaired) electrons. The Balaban J connectivity index is 1.43. The van der Waals surface area contributed by atoms with Crippen molar-refractivity contribution in [1.82, 2.24) is 29.9 Å². The minimum absolute atomic E-state index is 0.0125. The van der Waals surface area contributed by atoms with E-state index in [0.717, 1.165) is 5.69 Å². The van der Waals surface area contributed by atoms with Crippen LogP contribution in [0.3, 0.4) is 0 Å². The second-order valence-corrected chi connectivity index (χ2v) is 6.60. The molecule has 0 unspecified atom stereocenters. The zero-order chi connectivity index (χ0) is 19.7. The molecule has 2 aromatic heterocycles. The highest BCUT2D eigenvalue weighted by Crippen LogP contribution is 2.34. The standard InChI is InChI=1S/C18H17F3N6O/c19-18(20,21)13-5-8-26-15(10-13)24-25-16(26)11-22-17(28)12-3-1-4-14(9-12)27-7-2-6-23-27/h1-4,6-7,9,13H,5,8,10-11H2,(H,22,28)/t13-/m1/s1. The summed E-state index contributed by atoms with van der Waals surface area (Å²) in [4.78, 5) is 12.5. The smallest absolute Gasteiger partial charge is 0.345 e. The Labute approximate surface area is 158 Å². The molecule has 1 N–H and O–H groups in total. The molecular formula is C18H17F3N6O. The van der Waals surface area contributed by atoms with Gasteiger partial charge in [0.15, 0.2) is 5.82 Å². The van der Waals surface area contributed by atoms with Gasteiger partial charge >= 0.3 is 6.18 Å². The molecule has 0 fully saturated rings. The number of hydrogen-bond acceptors (Lipinski definition) is 4. The lowest BCUT2D eigenvalue weighted by Crippen LogP contribution is -2.32. The molecule has 0 aliphatic carbocycles. The van der Waals surface area contributed by atoms with E-state index in [0.29, 0.717) is 17.2 Å². The van der Waals surface area contributed by atoms with E-state index in [1.54, 1.807) is 45.9 Å². The molecule has 3 aromatic rings. The second-order valence-electron chi connectivity index (χ2n) is 6.60. The molecule has 1 aliphatic rings. The third-order valence-corrected chi connectivity index (χ3v) is 4.78. The molecule has 7 nitrogen and oxygen atoms in total. The van der Waals surface area contributed by atoms with Crippen LogP contribution in [0.5, 0.6) is 0 Å². The van der Waals surface area contributed by atoms with Crippen molar-refractivity contribution in [2.45, 2.75) is 32.1 Å². The summed E-state index contributed by atoms with van der Waals surface area (Å²) in [6, 6.07) is 8.74. The molecule has 1 aromatic carbocycles. The van der Waals surface area contributed by atoms with Crippen LogP contribution in [0.15, 0.2) is 42.7 Å². The van der Waals surface area contributed by atoms with Crippen LogP contribution in [0.4, 0.5) is 13.2 Å². The highest BCUT2D eigenvalue weighted by molar-refractivity contribution is 5.94. The van der Waals surface area contributed by atoms with Crippen molar-refractivity contribution < 1.29 is 18.0 Å². The van der Waals surface area contributed by atoms with Crippen LogP contribution in [0.25, 0.3) is 5.69 Å². The van der Waals surface area contributed by atoms with Crippen molar-refractivity contribution >= 4 is 5.91 Å². The molecule has 1 aliphatic heterocycles. The van der Waals surface area contributed by atoms with Gasteiger partial charge in [-0.1, -0.05) is 6.07 Å². The van der Waals surface area contributed by atoms with Crippen LogP contribution >= 0.6 is 0 Å². The van der Waals surface area contributed by atoms with Crippen molar-refractivity contribution in [3.05, 3.63) is 59.9 Å². The van der Waals surface area contributed by atoms with Crippen LogP contribution in [0, 0.1) is 5.92 Å². The minimum atomic E-state index is -4.23. The van der Waals surface area contributed by atoms with Gasteiger partial charge in [-0.25, -0.2) is 4.68 Å². The summed E-state index contributed by atoms with van der Waals surface area (Å²) in [5.41, 5.74) is 1.19. The number of carbonyl (C=O) groups is 1. The number of benzene rings is 1. The molecule has 1 atom stereocenters. The molecule has 0 bridgehead atoms. The summed E-state index contributed by atoms with van der Waals surface area (Å²) in [5, 5.41) is 14.7. The van der Waals surface area contributed by atoms with Gasteiger partial charge in [0.05, 0.1) is 18.2 Å². The van der Waals surface area contributed by atoms with Crippen molar-refractivity contribution in [2.24, 2.45) is 5.92 Å². The Morgan fingerprint density at radius 2 is 2.11 bits per heavy atom. The van der Waals surface area contributed by atoms with E-state index < -0.39 is 12.1 Å². The van der Waals surface area contributed by atoms with E-state index in [1.807, 2.05) is 6.07 Å². The number of fused-ring (bicyclic) bond motifs is 1.